The summed E-state index contributed by atoms with van der Waals surface area (Å²) in [4.78, 5) is 44.9. The van der Waals surface area contributed by atoms with E-state index >= 15 is 0 Å². The van der Waals surface area contributed by atoms with Gasteiger partial charge in [-0.05, 0) is 89.8 Å². The van der Waals surface area contributed by atoms with Crippen molar-refractivity contribution in [3.05, 3.63) is 115 Å². The van der Waals surface area contributed by atoms with Gasteiger partial charge in [0.1, 0.15) is 45.3 Å². The normalized spacial score (nSPS) is 12.4. The van der Waals surface area contributed by atoms with Gasteiger partial charge in [0, 0.05) is 43.3 Å². The van der Waals surface area contributed by atoms with Gasteiger partial charge in [-0.25, -0.2) is 19.2 Å². The Hall–Kier alpha value is -5.35. The summed E-state index contributed by atoms with van der Waals surface area (Å²) in [6, 6.07) is 13.9. The third kappa shape index (κ3) is 18.5. The van der Waals surface area contributed by atoms with E-state index in [1.807, 2.05) is 190 Å². The topological polar surface area (TPSA) is 230 Å². The first-order valence-electron chi connectivity index (χ1n) is 24.2. The van der Waals surface area contributed by atoms with Crippen LogP contribution < -0.4 is 0 Å². The second kappa shape index (κ2) is 23.5. The smallest absolute Gasteiger partial charge is 0.339 e. The molecule has 13 heteroatoms. The number of carboxylic acids is 4. The molecule has 0 aromatic heterocycles. The maximum Gasteiger partial charge on any atom is 0.339 e. The quantitative estimate of drug-likeness (QED) is 0.0893. The molecule has 4 aromatic rings. The third-order valence-corrected chi connectivity index (χ3v) is 12.1. The molecule has 73 heavy (non-hydrogen) atoms. The van der Waals surface area contributed by atoms with Crippen molar-refractivity contribution in [1.29, 1.82) is 0 Å². The molecule has 0 radical (unpaired) electrons. The summed E-state index contributed by atoms with van der Waals surface area (Å²) >= 11 is 0. The summed E-state index contributed by atoms with van der Waals surface area (Å²) in [7, 11) is 0. The molecule has 0 aliphatic rings. The fraction of sp³-hybridized carbons (Fsp3) is 0.533. The summed E-state index contributed by atoms with van der Waals surface area (Å²) in [6.45, 7) is 47.8. The van der Waals surface area contributed by atoms with Crippen LogP contribution in [0, 0.1) is 0 Å². The van der Waals surface area contributed by atoms with Gasteiger partial charge in [-0.3, -0.25) is 0 Å². The molecule has 0 saturated heterocycles. The van der Waals surface area contributed by atoms with Gasteiger partial charge in [-0.1, -0.05) is 190 Å². The van der Waals surface area contributed by atoms with E-state index < -0.39 is 23.9 Å². The Labute approximate surface area is 450 Å². The van der Waals surface area contributed by atoms with Crippen LogP contribution in [0.2, 0.25) is 0 Å². The van der Waals surface area contributed by atoms with Crippen LogP contribution in [-0.2, 0) is 64.4 Å². The zero-order valence-corrected chi connectivity index (χ0v) is 50.2. The molecule has 0 atom stereocenters. The van der Waals surface area contributed by atoms with E-state index in [9.17, 15) is 60.0 Å². The van der Waals surface area contributed by atoms with E-state index in [-0.39, 0.29) is 110 Å². The van der Waals surface area contributed by atoms with Gasteiger partial charge < -0.3 is 40.9 Å². The molecular formula is C60H88MoO12. The first-order valence-corrected chi connectivity index (χ1v) is 24.2. The Morgan fingerprint density at radius 1 is 0.260 bits per heavy atom. The SMILES string of the molecule is CC(C)(C)c1cc(C(=O)O)c(O)c(C(C)(C)C)c1.CC(C)(C)c1cc(C(=O)O)c(O)c(C(C)(C)C)c1.CC(C)(C)c1cc(C(=O)O)c(O)c(C(C)(C)C)c1.CC(C)(C)c1cc(C(=O)O)c(O)c(C(C)(C)C)c1.[Mo]. The fourth-order valence-electron chi connectivity index (χ4n) is 7.21. The van der Waals surface area contributed by atoms with Gasteiger partial charge in [0.25, 0.3) is 0 Å². The Kier molecular flexibility index (Phi) is 21.7. The predicted octanol–water partition coefficient (Wildman–Crippen LogP) is 14.7. The zero-order valence-electron chi connectivity index (χ0n) is 48.2. The van der Waals surface area contributed by atoms with Crippen LogP contribution in [-0.4, -0.2) is 64.7 Å². The maximum absolute atomic E-state index is 11.2. The molecule has 0 aliphatic heterocycles. The second-order valence-electron chi connectivity index (χ2n) is 26.9. The van der Waals surface area contributed by atoms with E-state index in [1.54, 1.807) is 24.3 Å². The summed E-state index contributed by atoms with van der Waals surface area (Å²) in [5.41, 5.74) is 4.48. The van der Waals surface area contributed by atoms with Crippen LogP contribution in [0.5, 0.6) is 23.0 Å². The van der Waals surface area contributed by atoms with Crippen molar-refractivity contribution in [2.75, 3.05) is 0 Å². The van der Waals surface area contributed by atoms with Gasteiger partial charge in [-0.2, -0.15) is 0 Å². The Morgan fingerprint density at radius 3 is 0.466 bits per heavy atom. The van der Waals surface area contributed by atoms with E-state index in [1.165, 1.54) is 0 Å². The number of carbonyl (C=O) groups is 4. The number of hydrogen-bond donors (Lipinski definition) is 8. The molecule has 4 rings (SSSR count). The molecular weight excluding hydrogens is 1010 g/mol. The summed E-state index contributed by atoms with van der Waals surface area (Å²) in [5.74, 6) is -4.86. The largest absolute Gasteiger partial charge is 0.507 e. The van der Waals surface area contributed by atoms with Gasteiger partial charge in [0.15, 0.2) is 0 Å². The summed E-state index contributed by atoms with van der Waals surface area (Å²) < 4.78 is 0. The standard InChI is InChI=1S/4C15H22O3.Mo/c4*1-14(2,3)9-7-10(13(17)18)12(16)11(8-9)15(4,5)6;/h4*7-8,16H,1-6H3,(H,17,18);. The molecule has 0 saturated carbocycles. The molecule has 0 fully saturated rings. The Bertz CT molecular complexity index is 2270. The van der Waals surface area contributed by atoms with E-state index in [4.69, 9.17) is 0 Å². The van der Waals surface area contributed by atoms with E-state index in [0.717, 1.165) is 22.3 Å². The number of benzene rings is 4. The molecule has 0 bridgehead atoms. The van der Waals surface area contributed by atoms with Crippen molar-refractivity contribution in [2.24, 2.45) is 0 Å². The zero-order chi connectivity index (χ0) is 57.2. The van der Waals surface area contributed by atoms with E-state index in [0.29, 0.717) is 22.3 Å². The molecule has 406 valence electrons. The van der Waals surface area contributed by atoms with Gasteiger partial charge >= 0.3 is 23.9 Å². The number of aromatic carboxylic acids is 4. The van der Waals surface area contributed by atoms with Crippen LogP contribution in [0.1, 0.15) is 252 Å². The van der Waals surface area contributed by atoms with Crippen molar-refractivity contribution in [2.45, 2.75) is 209 Å². The average Bonchev–Trinajstić information content (AvgIpc) is 3.14. The van der Waals surface area contributed by atoms with Crippen LogP contribution in [0.25, 0.3) is 0 Å². The van der Waals surface area contributed by atoms with Crippen molar-refractivity contribution in [3.63, 3.8) is 0 Å². The second-order valence-corrected chi connectivity index (χ2v) is 26.9. The van der Waals surface area contributed by atoms with Gasteiger partial charge in [0.05, 0.1) is 0 Å². The van der Waals surface area contributed by atoms with Crippen molar-refractivity contribution in [3.8, 4) is 23.0 Å². The first-order chi connectivity index (χ1) is 31.8. The number of hydrogen-bond acceptors (Lipinski definition) is 8. The van der Waals surface area contributed by atoms with Crippen LogP contribution in [0.4, 0.5) is 0 Å². The molecule has 0 spiro atoms. The predicted molar refractivity (Wildman–Crippen MR) is 290 cm³/mol. The fourth-order valence-corrected chi connectivity index (χ4v) is 7.21. The maximum atomic E-state index is 11.2. The molecule has 8 N–H and O–H groups in total. The van der Waals surface area contributed by atoms with Crippen molar-refractivity contribution >= 4 is 23.9 Å². The number of rotatable bonds is 4. The molecule has 4 aromatic carbocycles. The number of aromatic hydroxyl groups is 4. The molecule has 12 nitrogen and oxygen atoms in total. The minimum absolute atomic E-state index is 0. The average molecular weight is 1100 g/mol. The minimum Gasteiger partial charge on any atom is -0.507 e. The van der Waals surface area contributed by atoms with Crippen molar-refractivity contribution in [1.82, 2.24) is 0 Å². The van der Waals surface area contributed by atoms with E-state index in [2.05, 4.69) is 0 Å². The molecule has 0 heterocycles. The van der Waals surface area contributed by atoms with Crippen LogP contribution in [0.3, 0.4) is 0 Å². The first kappa shape index (κ1) is 67.6. The summed E-state index contributed by atoms with van der Waals surface area (Å²) in [5, 5.41) is 77.2. The Balaban J connectivity index is 0.000000943. The monoisotopic (exact) mass is 1100 g/mol. The number of phenols is 4. The third-order valence-electron chi connectivity index (χ3n) is 12.1. The van der Waals surface area contributed by atoms with Crippen LogP contribution >= 0.6 is 0 Å². The molecule has 0 unspecified atom stereocenters. The van der Waals surface area contributed by atoms with Gasteiger partial charge in [0.2, 0.25) is 0 Å². The molecule has 0 amide bonds. The van der Waals surface area contributed by atoms with Crippen LogP contribution in [0.15, 0.2) is 48.5 Å². The van der Waals surface area contributed by atoms with Gasteiger partial charge in [-0.15, -0.1) is 0 Å². The Morgan fingerprint density at radius 2 is 0.384 bits per heavy atom. The summed E-state index contributed by atoms with van der Waals surface area (Å²) in [6.07, 6.45) is 0. The van der Waals surface area contributed by atoms with Crippen molar-refractivity contribution < 1.29 is 81.1 Å². The molecule has 0 aliphatic carbocycles. The number of carboxylic acid groups (broad SMARTS) is 4. The minimum atomic E-state index is -1.09.